The van der Waals surface area contributed by atoms with E-state index in [0.29, 0.717) is 54.3 Å². The van der Waals surface area contributed by atoms with Crippen LogP contribution < -0.4 is 15.2 Å². The lowest BCUT2D eigenvalue weighted by atomic mass is 10.0. The van der Waals surface area contributed by atoms with Crippen molar-refractivity contribution in [1.82, 2.24) is 14.7 Å². The largest absolute Gasteiger partial charge is 0.494 e. The van der Waals surface area contributed by atoms with Crippen LogP contribution in [0.5, 0.6) is 5.75 Å². The minimum atomic E-state index is -0.605. The molecule has 10 heteroatoms. The van der Waals surface area contributed by atoms with Crippen LogP contribution in [0, 0.1) is 18.6 Å². The third kappa shape index (κ3) is 5.95. The second kappa shape index (κ2) is 10.8. The zero-order valence-electron chi connectivity index (χ0n) is 22.3. The third-order valence-corrected chi connectivity index (χ3v) is 6.29. The summed E-state index contributed by atoms with van der Waals surface area (Å²) in [5.74, 6) is -0.824. The number of piperazine rings is 1. The smallest absolute Gasteiger partial charge is 0.410 e. The summed E-state index contributed by atoms with van der Waals surface area (Å²) >= 11 is 0. The van der Waals surface area contributed by atoms with Crippen molar-refractivity contribution in [3.05, 3.63) is 75.6 Å². The van der Waals surface area contributed by atoms with Gasteiger partial charge in [0, 0.05) is 37.3 Å². The van der Waals surface area contributed by atoms with E-state index in [1.165, 1.54) is 36.1 Å². The first kappa shape index (κ1) is 27.1. The molecule has 0 atom stereocenters. The molecule has 1 aliphatic rings. The average molecular weight is 527 g/mol. The number of hydrogen-bond donors (Lipinski definition) is 0. The van der Waals surface area contributed by atoms with Gasteiger partial charge in [0.1, 0.15) is 17.1 Å². The van der Waals surface area contributed by atoms with Gasteiger partial charge in [0.15, 0.2) is 11.6 Å². The standard InChI is InChI=1S/C28H32F2N4O4/c1-18-24(20-8-11-23(37-5)22(30)16-20)31-34(17-19-6-9-21(29)10-7-19)26(35)25(18)32-12-14-33(15-13-32)27(36)38-28(2,3)4/h6-11,16H,12-15,17H2,1-5H3. The topological polar surface area (TPSA) is 76.9 Å². The number of carbonyl (C=O) groups excluding carboxylic acids is 1. The maximum Gasteiger partial charge on any atom is 0.410 e. The highest BCUT2D eigenvalue weighted by Crippen LogP contribution is 2.30. The summed E-state index contributed by atoms with van der Waals surface area (Å²) in [6.45, 7) is 8.90. The number of amides is 1. The summed E-state index contributed by atoms with van der Waals surface area (Å²) < 4.78 is 39.9. The van der Waals surface area contributed by atoms with Gasteiger partial charge in [-0.3, -0.25) is 4.79 Å². The van der Waals surface area contributed by atoms with Crippen LogP contribution in [0.2, 0.25) is 0 Å². The van der Waals surface area contributed by atoms with Gasteiger partial charge in [0.2, 0.25) is 0 Å². The molecule has 1 amide bonds. The van der Waals surface area contributed by atoms with Crippen LogP contribution in [0.25, 0.3) is 11.3 Å². The van der Waals surface area contributed by atoms with E-state index in [0.717, 1.165) is 0 Å². The fourth-order valence-corrected chi connectivity index (χ4v) is 4.41. The van der Waals surface area contributed by atoms with E-state index >= 15 is 0 Å². The van der Waals surface area contributed by atoms with Crippen LogP contribution >= 0.6 is 0 Å². The lowest BCUT2D eigenvalue weighted by molar-refractivity contribution is 0.0240. The molecule has 0 radical (unpaired) electrons. The monoisotopic (exact) mass is 526 g/mol. The normalized spacial score (nSPS) is 14.0. The number of nitrogens with zero attached hydrogens (tertiary/aromatic N) is 4. The maximum absolute atomic E-state index is 14.6. The number of halogens is 2. The van der Waals surface area contributed by atoms with Gasteiger partial charge in [-0.05, 0) is 63.6 Å². The van der Waals surface area contributed by atoms with Crippen molar-refractivity contribution in [3.63, 3.8) is 0 Å². The van der Waals surface area contributed by atoms with Crippen molar-refractivity contribution < 1.29 is 23.0 Å². The zero-order chi connectivity index (χ0) is 27.6. The highest BCUT2D eigenvalue weighted by molar-refractivity contribution is 5.71. The van der Waals surface area contributed by atoms with Gasteiger partial charge in [-0.15, -0.1) is 0 Å². The Bertz CT molecular complexity index is 1380. The predicted octanol–water partition coefficient (Wildman–Crippen LogP) is 4.61. The van der Waals surface area contributed by atoms with Crippen molar-refractivity contribution in [2.45, 2.75) is 39.8 Å². The second-order valence-corrected chi connectivity index (χ2v) is 10.2. The molecule has 0 unspecified atom stereocenters. The molecular formula is C28H32F2N4O4. The van der Waals surface area contributed by atoms with Crippen LogP contribution in [-0.2, 0) is 11.3 Å². The van der Waals surface area contributed by atoms with Gasteiger partial charge in [0.05, 0.1) is 19.3 Å². The Kier molecular flexibility index (Phi) is 7.71. The first-order chi connectivity index (χ1) is 18.0. The third-order valence-electron chi connectivity index (χ3n) is 6.29. The number of ether oxygens (including phenoxy) is 2. The van der Waals surface area contributed by atoms with Crippen molar-refractivity contribution in [3.8, 4) is 17.0 Å². The quantitative estimate of drug-likeness (QED) is 0.483. The molecule has 0 spiro atoms. The number of rotatable bonds is 5. The molecule has 0 bridgehead atoms. The molecule has 1 saturated heterocycles. The summed E-state index contributed by atoms with van der Waals surface area (Å²) in [5, 5.41) is 4.59. The summed E-state index contributed by atoms with van der Waals surface area (Å²) in [5.41, 5.74) is 1.72. The number of anilines is 1. The van der Waals surface area contributed by atoms with E-state index in [-0.39, 0.29) is 23.7 Å². The minimum Gasteiger partial charge on any atom is -0.494 e. The molecule has 2 heterocycles. The Balaban J connectivity index is 1.72. The number of benzene rings is 2. The van der Waals surface area contributed by atoms with Crippen molar-refractivity contribution in [2.24, 2.45) is 0 Å². The van der Waals surface area contributed by atoms with E-state index in [2.05, 4.69) is 5.10 Å². The molecule has 0 N–H and O–H groups in total. The maximum atomic E-state index is 14.6. The van der Waals surface area contributed by atoms with Gasteiger partial charge in [0.25, 0.3) is 5.56 Å². The first-order valence-corrected chi connectivity index (χ1v) is 12.4. The Morgan fingerprint density at radius 1 is 1.03 bits per heavy atom. The Labute approximate surface area is 220 Å². The minimum absolute atomic E-state index is 0.101. The van der Waals surface area contributed by atoms with E-state index < -0.39 is 17.5 Å². The van der Waals surface area contributed by atoms with Crippen molar-refractivity contribution in [1.29, 1.82) is 0 Å². The van der Waals surface area contributed by atoms with Crippen LogP contribution in [0.1, 0.15) is 31.9 Å². The van der Waals surface area contributed by atoms with E-state index in [1.54, 1.807) is 30.0 Å². The van der Waals surface area contributed by atoms with Crippen LogP contribution in [0.4, 0.5) is 19.3 Å². The Morgan fingerprint density at radius 3 is 2.26 bits per heavy atom. The lowest BCUT2D eigenvalue weighted by Gasteiger charge is -2.37. The van der Waals surface area contributed by atoms with Crippen molar-refractivity contribution >= 4 is 11.8 Å². The number of hydrogen-bond acceptors (Lipinski definition) is 6. The predicted molar refractivity (Wildman–Crippen MR) is 141 cm³/mol. The highest BCUT2D eigenvalue weighted by Gasteiger charge is 2.29. The fourth-order valence-electron chi connectivity index (χ4n) is 4.41. The van der Waals surface area contributed by atoms with Gasteiger partial charge in [-0.1, -0.05) is 12.1 Å². The molecule has 0 saturated carbocycles. The van der Waals surface area contributed by atoms with E-state index in [9.17, 15) is 18.4 Å². The zero-order valence-corrected chi connectivity index (χ0v) is 22.3. The molecule has 2 aromatic carbocycles. The van der Waals surface area contributed by atoms with Gasteiger partial charge >= 0.3 is 6.09 Å². The summed E-state index contributed by atoms with van der Waals surface area (Å²) in [6.07, 6.45) is -0.397. The van der Waals surface area contributed by atoms with Gasteiger partial charge in [-0.2, -0.15) is 5.10 Å². The molecule has 1 aliphatic heterocycles. The highest BCUT2D eigenvalue weighted by atomic mass is 19.1. The molecule has 3 aromatic rings. The summed E-state index contributed by atoms with van der Waals surface area (Å²) in [7, 11) is 1.39. The van der Waals surface area contributed by atoms with E-state index in [4.69, 9.17) is 9.47 Å². The van der Waals surface area contributed by atoms with Crippen LogP contribution in [0.15, 0.2) is 47.3 Å². The molecule has 1 fully saturated rings. The molecular weight excluding hydrogens is 494 g/mol. The molecule has 8 nitrogen and oxygen atoms in total. The first-order valence-electron chi connectivity index (χ1n) is 12.4. The summed E-state index contributed by atoms with van der Waals surface area (Å²) in [6, 6.07) is 10.4. The second-order valence-electron chi connectivity index (χ2n) is 10.2. The lowest BCUT2D eigenvalue weighted by Crippen LogP contribution is -2.51. The Hall–Kier alpha value is -3.95. The molecule has 0 aliphatic carbocycles. The van der Waals surface area contributed by atoms with Crippen LogP contribution in [-0.4, -0.2) is 59.7 Å². The van der Waals surface area contributed by atoms with Crippen LogP contribution in [0.3, 0.4) is 0 Å². The number of methoxy groups -OCH3 is 1. The average Bonchev–Trinajstić information content (AvgIpc) is 2.86. The fraction of sp³-hybridized carbons (Fsp3) is 0.393. The van der Waals surface area contributed by atoms with E-state index in [1.807, 2.05) is 25.7 Å². The van der Waals surface area contributed by atoms with Crippen molar-refractivity contribution in [2.75, 3.05) is 38.2 Å². The Morgan fingerprint density at radius 2 is 1.68 bits per heavy atom. The molecule has 4 rings (SSSR count). The SMILES string of the molecule is COc1ccc(-c2nn(Cc3ccc(F)cc3)c(=O)c(N3CCN(C(=O)OC(C)(C)C)CC3)c2C)cc1F. The molecule has 1 aromatic heterocycles. The number of aromatic nitrogens is 2. The number of carbonyl (C=O) groups is 1. The molecule has 38 heavy (non-hydrogen) atoms. The summed E-state index contributed by atoms with van der Waals surface area (Å²) in [4.78, 5) is 29.8. The molecule has 202 valence electrons. The van der Waals surface area contributed by atoms with Gasteiger partial charge in [-0.25, -0.2) is 18.3 Å². The van der Waals surface area contributed by atoms with Gasteiger partial charge < -0.3 is 19.3 Å².